The second-order valence-corrected chi connectivity index (χ2v) is 4.51. The number of carboxylic acid groups (broad SMARTS) is 1. The van der Waals surface area contributed by atoms with Gasteiger partial charge in [-0.05, 0) is 19.1 Å². The van der Waals surface area contributed by atoms with Crippen molar-refractivity contribution in [1.29, 1.82) is 0 Å². The van der Waals surface area contributed by atoms with Crippen LogP contribution in [0.5, 0.6) is 0 Å². The Balaban J connectivity index is 2.62. The molecule has 0 fully saturated rings. The molecule has 1 aromatic heterocycles. The number of likely N-dealkylation sites (N-methyl/N-ethyl adjacent to an activating group) is 1. The molecular formula is C13H15N3O3. The normalized spacial score (nSPS) is 10.7. The quantitative estimate of drug-likeness (QED) is 0.898. The summed E-state index contributed by atoms with van der Waals surface area (Å²) in [5, 5.41) is 9.22. The number of amides is 1. The smallest absolute Gasteiger partial charge is 0.337 e. The highest BCUT2D eigenvalue weighted by molar-refractivity contribution is 6.01. The highest BCUT2D eigenvalue weighted by Gasteiger charge is 2.17. The van der Waals surface area contributed by atoms with E-state index >= 15 is 0 Å². The number of carbonyl (C=O) groups is 2. The Morgan fingerprint density at radius 3 is 2.63 bits per heavy atom. The summed E-state index contributed by atoms with van der Waals surface area (Å²) in [6.45, 7) is 1.84. The zero-order valence-electron chi connectivity index (χ0n) is 11.0. The predicted molar refractivity (Wildman–Crippen MR) is 70.1 cm³/mol. The molecule has 6 heteroatoms. The fourth-order valence-electron chi connectivity index (χ4n) is 1.94. The highest BCUT2D eigenvalue weighted by Crippen LogP contribution is 2.20. The molecule has 2 rings (SSSR count). The summed E-state index contributed by atoms with van der Waals surface area (Å²) in [5.41, 5.74) is 1.23. The molecule has 0 saturated heterocycles. The molecule has 1 amide bonds. The van der Waals surface area contributed by atoms with E-state index in [1.807, 2.05) is 0 Å². The third-order valence-corrected chi connectivity index (χ3v) is 2.98. The molecule has 1 heterocycles. The van der Waals surface area contributed by atoms with Crippen LogP contribution >= 0.6 is 0 Å². The second kappa shape index (κ2) is 4.72. The molecule has 0 saturated carbocycles. The Morgan fingerprint density at radius 2 is 2.05 bits per heavy atom. The third kappa shape index (κ3) is 2.29. The summed E-state index contributed by atoms with van der Waals surface area (Å²) in [4.78, 5) is 28.8. The van der Waals surface area contributed by atoms with Gasteiger partial charge >= 0.3 is 5.97 Å². The molecule has 0 radical (unpaired) electrons. The number of rotatable bonds is 3. The fraction of sp³-hybridized carbons (Fsp3) is 0.308. The number of hydrogen-bond donors (Lipinski definition) is 1. The maximum Gasteiger partial charge on any atom is 0.337 e. The zero-order chi connectivity index (χ0) is 14.2. The van der Waals surface area contributed by atoms with Gasteiger partial charge in [-0.15, -0.1) is 0 Å². The molecule has 0 unspecified atom stereocenters. The van der Waals surface area contributed by atoms with Gasteiger partial charge in [-0.25, -0.2) is 9.78 Å². The molecule has 0 spiro atoms. The van der Waals surface area contributed by atoms with E-state index in [0.29, 0.717) is 16.9 Å². The van der Waals surface area contributed by atoms with Crippen LogP contribution < -0.4 is 0 Å². The maximum absolute atomic E-state index is 11.8. The molecule has 0 bridgehead atoms. The average Bonchev–Trinajstić information content (AvgIpc) is 2.65. The van der Waals surface area contributed by atoms with Gasteiger partial charge in [0, 0.05) is 14.1 Å². The van der Waals surface area contributed by atoms with Gasteiger partial charge in [0.1, 0.15) is 12.4 Å². The van der Waals surface area contributed by atoms with E-state index in [0.717, 1.165) is 0 Å². The van der Waals surface area contributed by atoms with Crippen molar-refractivity contribution in [1.82, 2.24) is 14.5 Å². The Morgan fingerprint density at radius 1 is 1.37 bits per heavy atom. The summed E-state index contributed by atoms with van der Waals surface area (Å²) < 4.78 is 1.64. The van der Waals surface area contributed by atoms with E-state index in [1.165, 1.54) is 11.0 Å². The molecule has 6 nitrogen and oxygen atoms in total. The van der Waals surface area contributed by atoms with E-state index in [9.17, 15) is 14.7 Å². The van der Waals surface area contributed by atoms with Crippen LogP contribution in [0, 0.1) is 6.92 Å². The first-order valence-electron chi connectivity index (χ1n) is 5.81. The van der Waals surface area contributed by atoms with E-state index < -0.39 is 5.97 Å². The summed E-state index contributed by atoms with van der Waals surface area (Å²) in [6, 6.07) is 4.91. The number of aromatic carboxylic acids is 1. The number of carboxylic acids is 1. The number of aromatic nitrogens is 2. The Bertz CT molecular complexity index is 658. The maximum atomic E-state index is 11.8. The lowest BCUT2D eigenvalue weighted by molar-refractivity contribution is -0.129. The van der Waals surface area contributed by atoms with Crippen molar-refractivity contribution in [3.05, 3.63) is 29.6 Å². The SMILES string of the molecule is Cc1nc2cccc(C(=O)O)c2n1CC(=O)N(C)C. The molecule has 0 atom stereocenters. The number of nitrogens with zero attached hydrogens (tertiary/aromatic N) is 3. The average molecular weight is 261 g/mol. The summed E-state index contributed by atoms with van der Waals surface area (Å²) in [7, 11) is 3.32. The van der Waals surface area contributed by atoms with Crippen LogP contribution in [-0.2, 0) is 11.3 Å². The van der Waals surface area contributed by atoms with Crippen LogP contribution in [0.25, 0.3) is 11.0 Å². The number of aryl methyl sites for hydroxylation is 1. The topological polar surface area (TPSA) is 75.4 Å². The molecule has 19 heavy (non-hydrogen) atoms. The van der Waals surface area contributed by atoms with Gasteiger partial charge in [-0.2, -0.15) is 0 Å². The lowest BCUT2D eigenvalue weighted by atomic mass is 10.2. The van der Waals surface area contributed by atoms with Gasteiger partial charge < -0.3 is 14.6 Å². The Hall–Kier alpha value is -2.37. The molecule has 0 aliphatic rings. The molecule has 1 N–H and O–H groups in total. The fourth-order valence-corrected chi connectivity index (χ4v) is 1.94. The van der Waals surface area contributed by atoms with Crippen LogP contribution in [0.2, 0.25) is 0 Å². The number of benzene rings is 1. The first-order valence-corrected chi connectivity index (χ1v) is 5.81. The number of hydrogen-bond acceptors (Lipinski definition) is 3. The van der Waals surface area contributed by atoms with Gasteiger partial charge in [0.15, 0.2) is 0 Å². The van der Waals surface area contributed by atoms with E-state index in [4.69, 9.17) is 0 Å². The molecule has 0 aliphatic carbocycles. The minimum Gasteiger partial charge on any atom is -0.478 e. The van der Waals surface area contributed by atoms with Crippen LogP contribution in [0.4, 0.5) is 0 Å². The molecule has 0 aliphatic heterocycles. The van der Waals surface area contributed by atoms with Crippen molar-refractivity contribution >= 4 is 22.9 Å². The third-order valence-electron chi connectivity index (χ3n) is 2.98. The van der Waals surface area contributed by atoms with E-state index in [-0.39, 0.29) is 18.0 Å². The van der Waals surface area contributed by atoms with E-state index in [2.05, 4.69) is 4.98 Å². The van der Waals surface area contributed by atoms with Crippen molar-refractivity contribution in [3.8, 4) is 0 Å². The van der Waals surface area contributed by atoms with Crippen LogP contribution in [-0.4, -0.2) is 45.5 Å². The Kier molecular flexibility index (Phi) is 3.25. The van der Waals surface area contributed by atoms with Crippen molar-refractivity contribution in [2.24, 2.45) is 0 Å². The number of fused-ring (bicyclic) bond motifs is 1. The summed E-state index contributed by atoms with van der Waals surface area (Å²) >= 11 is 0. The predicted octanol–water partition coefficient (Wildman–Crippen LogP) is 1.13. The molecule has 1 aromatic carbocycles. The largest absolute Gasteiger partial charge is 0.478 e. The Labute approximate surface area is 110 Å². The summed E-state index contributed by atoms with van der Waals surface area (Å²) in [6.07, 6.45) is 0. The van der Waals surface area contributed by atoms with Crippen molar-refractivity contribution in [3.63, 3.8) is 0 Å². The van der Waals surface area contributed by atoms with Crippen LogP contribution in [0.1, 0.15) is 16.2 Å². The van der Waals surface area contributed by atoms with Crippen LogP contribution in [0.3, 0.4) is 0 Å². The first-order chi connectivity index (χ1) is 8.91. The highest BCUT2D eigenvalue weighted by atomic mass is 16.4. The lowest BCUT2D eigenvalue weighted by Crippen LogP contribution is -2.26. The van der Waals surface area contributed by atoms with E-state index in [1.54, 1.807) is 37.7 Å². The minimum absolute atomic E-state index is 0.0830. The zero-order valence-corrected chi connectivity index (χ0v) is 11.0. The minimum atomic E-state index is -1.02. The van der Waals surface area contributed by atoms with Crippen molar-refractivity contribution in [2.75, 3.05) is 14.1 Å². The van der Waals surface area contributed by atoms with Gasteiger partial charge in [0.05, 0.1) is 16.6 Å². The van der Waals surface area contributed by atoms with Gasteiger partial charge in [-0.1, -0.05) is 6.07 Å². The monoisotopic (exact) mass is 261 g/mol. The molecule has 100 valence electrons. The summed E-state index contributed by atoms with van der Waals surface area (Å²) in [5.74, 6) is -0.509. The van der Waals surface area contributed by atoms with Gasteiger partial charge in [0.25, 0.3) is 0 Å². The van der Waals surface area contributed by atoms with Crippen molar-refractivity contribution < 1.29 is 14.7 Å². The van der Waals surface area contributed by atoms with Crippen LogP contribution in [0.15, 0.2) is 18.2 Å². The number of carbonyl (C=O) groups excluding carboxylic acids is 1. The second-order valence-electron chi connectivity index (χ2n) is 4.51. The van der Waals surface area contributed by atoms with Gasteiger partial charge in [-0.3, -0.25) is 4.79 Å². The van der Waals surface area contributed by atoms with Gasteiger partial charge in [0.2, 0.25) is 5.91 Å². The first kappa shape index (κ1) is 13.1. The standard InChI is InChI=1S/C13H15N3O3/c1-8-14-10-6-4-5-9(13(18)19)12(10)16(8)7-11(17)15(2)3/h4-6H,7H2,1-3H3,(H,18,19). The number of imidazole rings is 1. The number of para-hydroxylation sites is 1. The lowest BCUT2D eigenvalue weighted by Gasteiger charge is -2.13. The van der Waals surface area contributed by atoms with Crippen molar-refractivity contribution in [2.45, 2.75) is 13.5 Å². The molecular weight excluding hydrogens is 246 g/mol. The molecule has 2 aromatic rings.